The standard InChI is InChI=1S/C10H15N3O2S/c1-7-12-8(11)3-4-13(7)9-6-16-10(15-9)5-14-2/h3-4,9-10H,1,5-6H2,2H3,(H2,11,12)/t9-,10+/m0/s1. The molecule has 2 N–H and O–H groups in total. The van der Waals surface area contributed by atoms with E-state index < -0.39 is 0 Å². The van der Waals surface area contributed by atoms with Gasteiger partial charge in [0.1, 0.15) is 23.3 Å². The molecule has 0 aliphatic carbocycles. The molecule has 2 heterocycles. The fraction of sp³-hybridized carbons (Fsp3) is 0.500. The van der Waals surface area contributed by atoms with Gasteiger partial charge in [0.15, 0.2) is 0 Å². The smallest absolute Gasteiger partial charge is 0.145 e. The molecule has 2 atom stereocenters. The number of ether oxygens (including phenoxy) is 2. The van der Waals surface area contributed by atoms with E-state index in [1.807, 2.05) is 11.1 Å². The number of nitrogens with two attached hydrogens (primary N) is 1. The molecule has 0 aromatic rings. The van der Waals surface area contributed by atoms with Crippen LogP contribution in [0.15, 0.2) is 29.7 Å². The molecule has 0 spiro atoms. The second-order valence-electron chi connectivity index (χ2n) is 3.48. The molecule has 2 aliphatic rings. The quantitative estimate of drug-likeness (QED) is 0.788. The first-order chi connectivity index (χ1) is 7.70. The molecule has 0 unspecified atom stereocenters. The van der Waals surface area contributed by atoms with Gasteiger partial charge in [-0.1, -0.05) is 6.58 Å². The molecule has 16 heavy (non-hydrogen) atoms. The first-order valence-electron chi connectivity index (χ1n) is 4.96. The van der Waals surface area contributed by atoms with Crippen molar-refractivity contribution in [3.63, 3.8) is 0 Å². The molecule has 2 rings (SSSR count). The van der Waals surface area contributed by atoms with Crippen molar-refractivity contribution in [3.8, 4) is 0 Å². The maximum Gasteiger partial charge on any atom is 0.145 e. The van der Waals surface area contributed by atoms with Crippen LogP contribution in [-0.4, -0.2) is 41.9 Å². The van der Waals surface area contributed by atoms with Gasteiger partial charge in [-0.05, 0) is 6.08 Å². The van der Waals surface area contributed by atoms with E-state index in [-0.39, 0.29) is 11.7 Å². The minimum absolute atomic E-state index is 0.0363. The summed E-state index contributed by atoms with van der Waals surface area (Å²) in [6.07, 6.45) is 3.56. The van der Waals surface area contributed by atoms with Gasteiger partial charge in [0.05, 0.1) is 6.61 Å². The van der Waals surface area contributed by atoms with E-state index in [0.29, 0.717) is 18.3 Å². The highest BCUT2D eigenvalue weighted by Gasteiger charge is 2.31. The van der Waals surface area contributed by atoms with E-state index in [4.69, 9.17) is 15.2 Å². The van der Waals surface area contributed by atoms with Gasteiger partial charge in [-0.3, -0.25) is 0 Å². The van der Waals surface area contributed by atoms with Crippen molar-refractivity contribution >= 4 is 17.6 Å². The lowest BCUT2D eigenvalue weighted by Gasteiger charge is -2.28. The van der Waals surface area contributed by atoms with Crippen LogP contribution >= 0.6 is 11.8 Å². The molecular weight excluding hydrogens is 226 g/mol. The minimum Gasteiger partial charge on any atom is -0.384 e. The Bertz CT molecular complexity index is 343. The summed E-state index contributed by atoms with van der Waals surface area (Å²) in [7, 11) is 1.67. The largest absolute Gasteiger partial charge is 0.384 e. The fourth-order valence-corrected chi connectivity index (χ4v) is 2.62. The first-order valence-corrected chi connectivity index (χ1v) is 6.01. The van der Waals surface area contributed by atoms with E-state index >= 15 is 0 Å². The molecule has 1 fully saturated rings. The molecule has 0 bridgehead atoms. The minimum atomic E-state index is -0.0363. The van der Waals surface area contributed by atoms with Gasteiger partial charge in [0.2, 0.25) is 0 Å². The summed E-state index contributed by atoms with van der Waals surface area (Å²) in [6.45, 7) is 4.44. The molecule has 88 valence electrons. The lowest BCUT2D eigenvalue weighted by Crippen LogP contribution is -2.34. The van der Waals surface area contributed by atoms with E-state index in [1.165, 1.54) is 0 Å². The Kier molecular flexibility index (Phi) is 3.52. The van der Waals surface area contributed by atoms with Gasteiger partial charge < -0.3 is 20.1 Å². The van der Waals surface area contributed by atoms with Gasteiger partial charge in [-0.25, -0.2) is 4.99 Å². The van der Waals surface area contributed by atoms with Gasteiger partial charge in [-0.2, -0.15) is 0 Å². The number of nitrogens with zero attached hydrogens (tertiary/aromatic N) is 2. The zero-order chi connectivity index (χ0) is 11.5. The number of amidine groups is 1. The molecule has 0 aromatic heterocycles. The van der Waals surface area contributed by atoms with Crippen LogP contribution in [-0.2, 0) is 9.47 Å². The molecule has 5 nitrogen and oxygen atoms in total. The number of hydrogen-bond acceptors (Lipinski definition) is 6. The van der Waals surface area contributed by atoms with Crippen LogP contribution in [0.5, 0.6) is 0 Å². The average molecular weight is 241 g/mol. The molecule has 6 heteroatoms. The maximum absolute atomic E-state index is 5.79. The summed E-state index contributed by atoms with van der Waals surface area (Å²) >= 11 is 1.73. The SMILES string of the molecule is C=C1N=C(N)C=CN1[C@@H]1CS[C@H](COC)O1. The number of aliphatic imine (C=N–C) groups is 1. The average Bonchev–Trinajstić information content (AvgIpc) is 2.67. The van der Waals surface area contributed by atoms with Crippen molar-refractivity contribution in [2.75, 3.05) is 19.5 Å². The van der Waals surface area contributed by atoms with Crippen molar-refractivity contribution in [2.45, 2.75) is 11.7 Å². The zero-order valence-electron chi connectivity index (χ0n) is 9.13. The summed E-state index contributed by atoms with van der Waals surface area (Å²) in [5, 5.41) is 0. The summed E-state index contributed by atoms with van der Waals surface area (Å²) in [5.41, 5.74) is 5.65. The summed E-state index contributed by atoms with van der Waals surface area (Å²) in [4.78, 5) is 5.99. The van der Waals surface area contributed by atoms with E-state index in [1.54, 1.807) is 24.9 Å². The fourth-order valence-electron chi connectivity index (χ4n) is 1.56. The molecule has 0 radical (unpaired) electrons. The zero-order valence-corrected chi connectivity index (χ0v) is 9.94. The van der Waals surface area contributed by atoms with Gasteiger partial charge in [0.25, 0.3) is 0 Å². The third kappa shape index (κ3) is 2.40. The van der Waals surface area contributed by atoms with Crippen molar-refractivity contribution < 1.29 is 9.47 Å². The topological polar surface area (TPSA) is 60.1 Å². The third-order valence-electron chi connectivity index (χ3n) is 2.31. The van der Waals surface area contributed by atoms with Crippen LogP contribution in [0, 0.1) is 0 Å². The van der Waals surface area contributed by atoms with Crippen LogP contribution in [0.2, 0.25) is 0 Å². The normalized spacial score (nSPS) is 29.7. The van der Waals surface area contributed by atoms with Gasteiger partial charge >= 0.3 is 0 Å². The second kappa shape index (κ2) is 4.90. The number of methoxy groups -OCH3 is 1. The number of hydrogen-bond donors (Lipinski definition) is 1. The van der Waals surface area contributed by atoms with Crippen molar-refractivity contribution in [3.05, 3.63) is 24.7 Å². The Labute approximate surface area is 99.0 Å². The van der Waals surface area contributed by atoms with Crippen molar-refractivity contribution in [1.29, 1.82) is 0 Å². The third-order valence-corrected chi connectivity index (χ3v) is 3.41. The highest BCUT2D eigenvalue weighted by atomic mass is 32.2. The Morgan fingerprint density at radius 1 is 1.81 bits per heavy atom. The Morgan fingerprint density at radius 3 is 3.31 bits per heavy atom. The summed E-state index contributed by atoms with van der Waals surface area (Å²) in [6, 6.07) is 0. The molecule has 0 saturated carbocycles. The number of rotatable bonds is 3. The van der Waals surface area contributed by atoms with Crippen LogP contribution in [0.3, 0.4) is 0 Å². The van der Waals surface area contributed by atoms with Crippen LogP contribution in [0.4, 0.5) is 0 Å². The van der Waals surface area contributed by atoms with Crippen molar-refractivity contribution in [2.24, 2.45) is 10.7 Å². The predicted octanol–water partition coefficient (Wildman–Crippen LogP) is 0.706. The monoisotopic (exact) mass is 241 g/mol. The molecular formula is C10H15N3O2S. The lowest BCUT2D eigenvalue weighted by atomic mass is 10.4. The Balaban J connectivity index is 1.95. The molecule has 1 saturated heterocycles. The van der Waals surface area contributed by atoms with Crippen molar-refractivity contribution in [1.82, 2.24) is 4.90 Å². The predicted molar refractivity (Wildman–Crippen MR) is 64.7 cm³/mol. The highest BCUT2D eigenvalue weighted by molar-refractivity contribution is 8.00. The molecule has 0 amide bonds. The van der Waals surface area contributed by atoms with E-state index in [9.17, 15) is 0 Å². The van der Waals surface area contributed by atoms with Crippen LogP contribution in [0.1, 0.15) is 0 Å². The number of thioether (sulfide) groups is 1. The Hall–Kier alpha value is -0.980. The van der Waals surface area contributed by atoms with Gasteiger partial charge in [0, 0.05) is 19.1 Å². The first kappa shape index (κ1) is 11.5. The molecule has 0 aromatic carbocycles. The Morgan fingerprint density at radius 2 is 2.62 bits per heavy atom. The van der Waals surface area contributed by atoms with E-state index in [0.717, 1.165) is 5.75 Å². The second-order valence-corrected chi connectivity index (χ2v) is 4.68. The van der Waals surface area contributed by atoms with E-state index in [2.05, 4.69) is 11.6 Å². The summed E-state index contributed by atoms with van der Waals surface area (Å²) in [5.74, 6) is 1.95. The van der Waals surface area contributed by atoms with Gasteiger partial charge in [-0.15, -0.1) is 11.8 Å². The lowest BCUT2D eigenvalue weighted by molar-refractivity contribution is -0.0310. The molecule has 2 aliphatic heterocycles. The van der Waals surface area contributed by atoms with Crippen LogP contribution in [0.25, 0.3) is 0 Å². The maximum atomic E-state index is 5.79. The highest BCUT2D eigenvalue weighted by Crippen LogP contribution is 2.30. The summed E-state index contributed by atoms with van der Waals surface area (Å²) < 4.78 is 10.8. The van der Waals surface area contributed by atoms with Crippen LogP contribution < -0.4 is 5.73 Å².